The second-order valence-electron chi connectivity index (χ2n) is 4.79. The van der Waals surface area contributed by atoms with E-state index in [1.807, 2.05) is 31.2 Å². The number of aryl methyl sites for hydroxylation is 1. The van der Waals surface area contributed by atoms with Crippen LogP contribution in [0, 0.1) is 0 Å². The van der Waals surface area contributed by atoms with E-state index in [4.69, 9.17) is 0 Å². The molecule has 2 aromatic rings. The molecule has 6 nitrogen and oxygen atoms in total. The molecule has 0 aliphatic carbocycles. The van der Waals surface area contributed by atoms with Crippen LogP contribution in [0.15, 0.2) is 24.3 Å². The number of benzene rings is 1. The molecular weight excluding hydrogens is 244 g/mol. The van der Waals surface area contributed by atoms with E-state index in [2.05, 4.69) is 15.5 Å². The minimum atomic E-state index is -1.19. The molecule has 0 unspecified atom stereocenters. The molecule has 19 heavy (non-hydrogen) atoms. The summed E-state index contributed by atoms with van der Waals surface area (Å²) in [6.45, 7) is 5.18. The molecule has 1 N–H and O–H groups in total. The van der Waals surface area contributed by atoms with E-state index in [0.29, 0.717) is 5.82 Å². The van der Waals surface area contributed by atoms with Crippen molar-refractivity contribution >= 4 is 5.97 Å². The van der Waals surface area contributed by atoms with Gasteiger partial charge in [0, 0.05) is 5.56 Å². The first-order valence-electron chi connectivity index (χ1n) is 6.09. The molecule has 100 valence electrons. The highest BCUT2D eigenvalue weighted by Crippen LogP contribution is 2.26. The van der Waals surface area contributed by atoms with Gasteiger partial charge in [-0.2, -0.15) is 0 Å². The molecule has 0 radical (unpaired) electrons. The predicted molar refractivity (Wildman–Crippen MR) is 69.6 cm³/mol. The normalized spacial score (nSPS) is 11.5. The van der Waals surface area contributed by atoms with Crippen LogP contribution in [0.2, 0.25) is 0 Å². The highest BCUT2D eigenvalue weighted by Gasteiger charge is 2.34. The van der Waals surface area contributed by atoms with Gasteiger partial charge in [0.05, 0.1) is 0 Å². The van der Waals surface area contributed by atoms with E-state index < -0.39 is 11.5 Å². The molecule has 2 rings (SSSR count). The van der Waals surface area contributed by atoms with Crippen LogP contribution >= 0.6 is 0 Å². The van der Waals surface area contributed by atoms with Crippen molar-refractivity contribution in [3.05, 3.63) is 29.8 Å². The van der Waals surface area contributed by atoms with Crippen molar-refractivity contribution in [2.24, 2.45) is 0 Å². The number of aromatic nitrogens is 4. The van der Waals surface area contributed by atoms with Gasteiger partial charge in [0.15, 0.2) is 11.4 Å². The quantitative estimate of drug-likeness (QED) is 0.905. The van der Waals surface area contributed by atoms with Crippen LogP contribution in [-0.4, -0.2) is 31.3 Å². The van der Waals surface area contributed by atoms with E-state index in [9.17, 15) is 9.90 Å². The second-order valence-corrected chi connectivity index (χ2v) is 4.79. The monoisotopic (exact) mass is 260 g/mol. The summed E-state index contributed by atoms with van der Waals surface area (Å²) in [5.74, 6) is -0.500. The lowest BCUT2D eigenvalue weighted by Gasteiger charge is -2.21. The van der Waals surface area contributed by atoms with E-state index >= 15 is 0 Å². The third-order valence-electron chi connectivity index (χ3n) is 3.16. The first-order valence-corrected chi connectivity index (χ1v) is 6.09. The Morgan fingerprint density at radius 3 is 2.68 bits per heavy atom. The van der Waals surface area contributed by atoms with Crippen LogP contribution in [0.5, 0.6) is 0 Å². The maximum Gasteiger partial charge on any atom is 0.331 e. The molecule has 1 aromatic carbocycles. The molecular formula is C13H16N4O2. The molecule has 0 saturated carbocycles. The van der Waals surface area contributed by atoms with Crippen molar-refractivity contribution in [3.63, 3.8) is 0 Å². The summed E-state index contributed by atoms with van der Waals surface area (Å²) in [5.41, 5.74) is 0.753. The van der Waals surface area contributed by atoms with Gasteiger partial charge in [-0.1, -0.05) is 31.2 Å². The number of rotatable bonds is 4. The van der Waals surface area contributed by atoms with Crippen molar-refractivity contribution < 1.29 is 9.90 Å². The highest BCUT2D eigenvalue weighted by atomic mass is 16.4. The second kappa shape index (κ2) is 4.79. The Balaban J connectivity index is 2.60. The Hall–Kier alpha value is -2.24. The minimum Gasteiger partial charge on any atom is -0.479 e. The molecule has 6 heteroatoms. The number of aliphatic carboxylic acids is 1. The molecule has 0 aliphatic heterocycles. The van der Waals surface area contributed by atoms with Crippen molar-refractivity contribution in [3.8, 4) is 11.4 Å². The zero-order valence-electron chi connectivity index (χ0n) is 11.2. The number of tetrazole rings is 1. The van der Waals surface area contributed by atoms with Crippen LogP contribution in [0.3, 0.4) is 0 Å². The molecule has 0 saturated heterocycles. The number of carbonyl (C=O) groups is 1. The van der Waals surface area contributed by atoms with Crippen molar-refractivity contribution in [1.29, 1.82) is 0 Å². The summed E-state index contributed by atoms with van der Waals surface area (Å²) in [6.07, 6.45) is 0.830. The van der Waals surface area contributed by atoms with Gasteiger partial charge in [-0.15, -0.1) is 5.10 Å². The van der Waals surface area contributed by atoms with Gasteiger partial charge in [0.25, 0.3) is 0 Å². The Morgan fingerprint density at radius 1 is 1.37 bits per heavy atom. The largest absolute Gasteiger partial charge is 0.479 e. The van der Waals surface area contributed by atoms with Crippen LogP contribution in [0.1, 0.15) is 26.3 Å². The molecule has 0 aliphatic rings. The molecule has 0 atom stereocenters. The molecule has 0 amide bonds. The first-order chi connectivity index (χ1) is 8.98. The van der Waals surface area contributed by atoms with E-state index in [-0.39, 0.29) is 0 Å². The zero-order chi connectivity index (χ0) is 14.0. The third-order valence-corrected chi connectivity index (χ3v) is 3.16. The average Bonchev–Trinajstić information content (AvgIpc) is 2.88. The summed E-state index contributed by atoms with van der Waals surface area (Å²) in [5, 5.41) is 20.7. The lowest BCUT2D eigenvalue weighted by molar-refractivity contribution is -0.146. The highest BCUT2D eigenvalue weighted by molar-refractivity contribution is 5.76. The fourth-order valence-electron chi connectivity index (χ4n) is 1.87. The van der Waals surface area contributed by atoms with Crippen LogP contribution in [0.25, 0.3) is 11.4 Å². The molecule has 0 bridgehead atoms. The van der Waals surface area contributed by atoms with Gasteiger partial charge < -0.3 is 5.11 Å². The first kappa shape index (κ1) is 13.2. The third kappa shape index (κ3) is 2.21. The molecule has 0 fully saturated rings. The average molecular weight is 260 g/mol. The van der Waals surface area contributed by atoms with E-state index in [1.165, 1.54) is 4.68 Å². The SMILES string of the molecule is CCc1ccccc1-c1nnnn1C(C)(C)C(=O)O. The minimum absolute atomic E-state index is 0.477. The van der Waals surface area contributed by atoms with Gasteiger partial charge >= 0.3 is 5.97 Å². The standard InChI is InChI=1S/C13H16N4O2/c1-4-9-7-5-6-8-10(9)11-14-15-16-17(11)13(2,3)12(18)19/h5-8H,4H2,1-3H3,(H,18,19). The van der Waals surface area contributed by atoms with Crippen LogP contribution in [0.4, 0.5) is 0 Å². The van der Waals surface area contributed by atoms with E-state index in [0.717, 1.165) is 17.5 Å². The lowest BCUT2D eigenvalue weighted by atomic mass is 10.0. The summed E-state index contributed by atoms with van der Waals surface area (Å²) in [4.78, 5) is 11.3. The van der Waals surface area contributed by atoms with Crippen molar-refractivity contribution in [1.82, 2.24) is 20.2 Å². The predicted octanol–water partition coefficient (Wildman–Crippen LogP) is 1.72. The summed E-state index contributed by atoms with van der Waals surface area (Å²) >= 11 is 0. The number of hydrogen-bond acceptors (Lipinski definition) is 4. The summed E-state index contributed by atoms with van der Waals surface area (Å²) in [7, 11) is 0. The maximum absolute atomic E-state index is 11.3. The Morgan fingerprint density at radius 2 is 2.05 bits per heavy atom. The van der Waals surface area contributed by atoms with Gasteiger partial charge in [-0.05, 0) is 36.3 Å². The number of carboxylic acids is 1. The maximum atomic E-state index is 11.3. The van der Waals surface area contributed by atoms with Crippen LogP contribution < -0.4 is 0 Å². The van der Waals surface area contributed by atoms with Gasteiger partial charge in [0.2, 0.25) is 0 Å². The molecule has 1 heterocycles. The summed E-state index contributed by atoms with van der Waals surface area (Å²) < 4.78 is 1.35. The van der Waals surface area contributed by atoms with E-state index in [1.54, 1.807) is 13.8 Å². The van der Waals surface area contributed by atoms with Gasteiger partial charge in [-0.25, -0.2) is 9.48 Å². The summed E-state index contributed by atoms with van der Waals surface area (Å²) in [6, 6.07) is 7.72. The smallest absolute Gasteiger partial charge is 0.331 e. The number of nitrogens with zero attached hydrogens (tertiary/aromatic N) is 4. The molecule has 1 aromatic heterocycles. The Labute approximate surface area is 111 Å². The zero-order valence-corrected chi connectivity index (χ0v) is 11.2. The van der Waals surface area contributed by atoms with Crippen molar-refractivity contribution in [2.75, 3.05) is 0 Å². The fraction of sp³-hybridized carbons (Fsp3) is 0.385. The lowest BCUT2D eigenvalue weighted by Crippen LogP contribution is -2.37. The number of hydrogen-bond donors (Lipinski definition) is 1. The fourth-order valence-corrected chi connectivity index (χ4v) is 1.87. The van der Waals surface area contributed by atoms with Gasteiger partial charge in [-0.3, -0.25) is 0 Å². The van der Waals surface area contributed by atoms with Gasteiger partial charge in [0.1, 0.15) is 0 Å². The Kier molecular flexibility index (Phi) is 3.33. The number of carboxylic acid groups (broad SMARTS) is 1. The van der Waals surface area contributed by atoms with Crippen LogP contribution in [-0.2, 0) is 16.8 Å². The topological polar surface area (TPSA) is 80.9 Å². The Bertz CT molecular complexity index is 604. The van der Waals surface area contributed by atoms with Crippen molar-refractivity contribution in [2.45, 2.75) is 32.7 Å². The molecule has 0 spiro atoms.